The minimum absolute atomic E-state index is 0.116. The van der Waals surface area contributed by atoms with Crippen LogP contribution in [0.25, 0.3) is 0 Å². The molecule has 22 heavy (non-hydrogen) atoms. The van der Waals surface area contributed by atoms with E-state index in [2.05, 4.69) is 22.9 Å². The van der Waals surface area contributed by atoms with Gasteiger partial charge in [-0.3, -0.25) is 9.59 Å². The van der Waals surface area contributed by atoms with Crippen LogP contribution in [-0.2, 0) is 4.79 Å². The fourth-order valence-corrected chi connectivity index (χ4v) is 1.86. The van der Waals surface area contributed by atoms with E-state index in [0.717, 1.165) is 12.8 Å². The summed E-state index contributed by atoms with van der Waals surface area (Å²) in [4.78, 5) is 23.5. The summed E-state index contributed by atoms with van der Waals surface area (Å²) in [6, 6.07) is 7.00. The maximum atomic E-state index is 12.0. The van der Waals surface area contributed by atoms with E-state index in [1.165, 1.54) is 0 Å². The lowest BCUT2D eigenvalue weighted by atomic mass is 10.2. The van der Waals surface area contributed by atoms with Crippen LogP contribution in [0.5, 0.6) is 0 Å². The van der Waals surface area contributed by atoms with Gasteiger partial charge < -0.3 is 16.0 Å². The Bertz CT molecular complexity index is 544. The number of carbonyl (C=O) groups is 2. The van der Waals surface area contributed by atoms with Crippen LogP contribution in [-0.4, -0.2) is 23.5 Å². The Kier molecular flexibility index (Phi) is 7.52. The molecular weight excluding hydrogens is 298 g/mol. The first-order valence-electron chi connectivity index (χ1n) is 7.44. The van der Waals surface area contributed by atoms with Crippen molar-refractivity contribution in [2.75, 3.05) is 11.9 Å². The van der Waals surface area contributed by atoms with Gasteiger partial charge in [-0.15, -0.1) is 0 Å². The molecule has 2 amide bonds. The highest BCUT2D eigenvalue weighted by molar-refractivity contribution is 7.80. The Hall–Kier alpha value is -1.95. The lowest BCUT2D eigenvalue weighted by Gasteiger charge is -2.12. The number of nitrogens with one attached hydrogen (secondary N) is 3. The average molecular weight is 321 g/mol. The molecule has 0 saturated heterocycles. The summed E-state index contributed by atoms with van der Waals surface area (Å²) in [5.41, 5.74) is 1.22. The van der Waals surface area contributed by atoms with Gasteiger partial charge in [0.05, 0.1) is 0 Å². The SMILES string of the molecule is CCCCNC(=O)c1cccc(NC(=S)NC(=O)C(C)C)c1. The molecule has 6 heteroatoms. The van der Waals surface area contributed by atoms with Crippen LogP contribution < -0.4 is 16.0 Å². The highest BCUT2D eigenvalue weighted by Gasteiger charge is 2.10. The zero-order chi connectivity index (χ0) is 16.5. The molecule has 0 atom stereocenters. The second-order valence-electron chi connectivity index (χ2n) is 5.29. The molecule has 0 saturated carbocycles. The molecule has 0 aliphatic rings. The summed E-state index contributed by atoms with van der Waals surface area (Å²) in [7, 11) is 0. The molecule has 1 aromatic rings. The number of anilines is 1. The van der Waals surface area contributed by atoms with Crippen LogP contribution >= 0.6 is 12.2 Å². The van der Waals surface area contributed by atoms with Crippen molar-refractivity contribution >= 4 is 34.8 Å². The lowest BCUT2D eigenvalue weighted by molar-refractivity contribution is -0.122. The topological polar surface area (TPSA) is 70.2 Å². The molecule has 0 fully saturated rings. The largest absolute Gasteiger partial charge is 0.352 e. The van der Waals surface area contributed by atoms with Gasteiger partial charge in [-0.2, -0.15) is 0 Å². The van der Waals surface area contributed by atoms with Gasteiger partial charge in [0, 0.05) is 23.7 Å². The number of rotatable bonds is 6. The molecular formula is C16H23N3O2S. The third kappa shape index (κ3) is 6.22. The summed E-state index contributed by atoms with van der Waals surface area (Å²) in [6.45, 7) is 6.32. The maximum Gasteiger partial charge on any atom is 0.251 e. The van der Waals surface area contributed by atoms with Gasteiger partial charge in [-0.05, 0) is 36.8 Å². The smallest absolute Gasteiger partial charge is 0.251 e. The van der Waals surface area contributed by atoms with Crippen LogP contribution in [0.2, 0.25) is 0 Å². The van der Waals surface area contributed by atoms with Crippen LogP contribution in [0.15, 0.2) is 24.3 Å². The number of carbonyl (C=O) groups excluding carboxylic acids is 2. The van der Waals surface area contributed by atoms with E-state index in [4.69, 9.17) is 12.2 Å². The van der Waals surface area contributed by atoms with Crippen molar-refractivity contribution in [1.82, 2.24) is 10.6 Å². The van der Waals surface area contributed by atoms with Crippen molar-refractivity contribution in [3.05, 3.63) is 29.8 Å². The molecule has 1 aromatic carbocycles. The molecule has 0 aromatic heterocycles. The summed E-state index contributed by atoms with van der Waals surface area (Å²) in [5.74, 6) is -0.407. The van der Waals surface area contributed by atoms with Crippen molar-refractivity contribution in [3.63, 3.8) is 0 Å². The Balaban J connectivity index is 2.62. The summed E-state index contributed by atoms with van der Waals surface area (Å²) >= 11 is 5.08. The normalized spacial score (nSPS) is 10.2. The summed E-state index contributed by atoms with van der Waals surface area (Å²) in [6.07, 6.45) is 1.99. The number of unbranched alkanes of at least 4 members (excludes halogenated alkanes) is 1. The van der Waals surface area contributed by atoms with E-state index >= 15 is 0 Å². The minimum atomic E-state index is -0.147. The number of hydrogen-bond acceptors (Lipinski definition) is 3. The molecule has 0 heterocycles. The van der Waals surface area contributed by atoms with E-state index in [0.29, 0.717) is 17.8 Å². The Labute approximate surface area is 136 Å². The van der Waals surface area contributed by atoms with Gasteiger partial charge in [-0.25, -0.2) is 0 Å². The van der Waals surface area contributed by atoms with Gasteiger partial charge in [-0.1, -0.05) is 33.3 Å². The quantitative estimate of drug-likeness (QED) is 0.556. The zero-order valence-electron chi connectivity index (χ0n) is 13.2. The molecule has 0 unspecified atom stereocenters. The third-order valence-electron chi connectivity index (χ3n) is 2.96. The monoisotopic (exact) mass is 321 g/mol. The second-order valence-corrected chi connectivity index (χ2v) is 5.70. The predicted octanol–water partition coefficient (Wildman–Crippen LogP) is 2.69. The van der Waals surface area contributed by atoms with Gasteiger partial charge in [0.25, 0.3) is 5.91 Å². The first-order valence-corrected chi connectivity index (χ1v) is 7.85. The number of benzene rings is 1. The fraction of sp³-hybridized carbons (Fsp3) is 0.438. The first kappa shape index (κ1) is 18.1. The van der Waals surface area contributed by atoms with Gasteiger partial charge in [0.15, 0.2) is 5.11 Å². The average Bonchev–Trinajstić information content (AvgIpc) is 2.47. The first-order chi connectivity index (χ1) is 10.4. The van der Waals surface area contributed by atoms with Crippen molar-refractivity contribution in [1.29, 1.82) is 0 Å². The van der Waals surface area contributed by atoms with Crippen molar-refractivity contribution in [2.24, 2.45) is 5.92 Å². The number of amides is 2. The molecule has 0 spiro atoms. The molecule has 3 N–H and O–H groups in total. The number of hydrogen-bond donors (Lipinski definition) is 3. The molecule has 0 aliphatic carbocycles. The van der Waals surface area contributed by atoms with Gasteiger partial charge in [0.1, 0.15) is 0 Å². The Morgan fingerprint density at radius 3 is 2.64 bits per heavy atom. The van der Waals surface area contributed by atoms with E-state index < -0.39 is 0 Å². The van der Waals surface area contributed by atoms with Crippen molar-refractivity contribution in [3.8, 4) is 0 Å². The molecule has 0 bridgehead atoms. The second kappa shape index (κ2) is 9.15. The van der Waals surface area contributed by atoms with Crippen molar-refractivity contribution in [2.45, 2.75) is 33.6 Å². The minimum Gasteiger partial charge on any atom is -0.352 e. The van der Waals surface area contributed by atoms with E-state index in [1.54, 1.807) is 38.1 Å². The van der Waals surface area contributed by atoms with Crippen LogP contribution in [0, 0.1) is 5.92 Å². The highest BCUT2D eigenvalue weighted by atomic mass is 32.1. The highest BCUT2D eigenvalue weighted by Crippen LogP contribution is 2.10. The van der Waals surface area contributed by atoms with Gasteiger partial charge >= 0.3 is 0 Å². The Morgan fingerprint density at radius 2 is 2.00 bits per heavy atom. The summed E-state index contributed by atoms with van der Waals surface area (Å²) in [5, 5.41) is 8.59. The van der Waals surface area contributed by atoms with E-state index in [9.17, 15) is 9.59 Å². The standard InChI is InChI=1S/C16H23N3O2S/c1-4-5-9-17-15(21)12-7-6-8-13(10-12)18-16(22)19-14(20)11(2)3/h6-8,10-11H,4-5,9H2,1-3H3,(H,17,21)(H2,18,19,20,22). The van der Waals surface area contributed by atoms with Crippen LogP contribution in [0.4, 0.5) is 5.69 Å². The summed E-state index contributed by atoms with van der Waals surface area (Å²) < 4.78 is 0. The molecule has 0 aliphatic heterocycles. The van der Waals surface area contributed by atoms with Crippen LogP contribution in [0.1, 0.15) is 44.0 Å². The van der Waals surface area contributed by atoms with Crippen molar-refractivity contribution < 1.29 is 9.59 Å². The molecule has 1 rings (SSSR count). The molecule has 5 nitrogen and oxygen atoms in total. The molecule has 0 radical (unpaired) electrons. The fourth-order valence-electron chi connectivity index (χ4n) is 1.64. The molecule has 120 valence electrons. The lowest BCUT2D eigenvalue weighted by Crippen LogP contribution is -2.36. The van der Waals surface area contributed by atoms with Crippen LogP contribution in [0.3, 0.4) is 0 Å². The maximum absolute atomic E-state index is 12.0. The predicted molar refractivity (Wildman–Crippen MR) is 92.9 cm³/mol. The zero-order valence-corrected chi connectivity index (χ0v) is 14.0. The van der Waals surface area contributed by atoms with E-state index in [-0.39, 0.29) is 22.8 Å². The Morgan fingerprint density at radius 1 is 1.27 bits per heavy atom. The number of thiocarbonyl (C=S) groups is 1. The van der Waals surface area contributed by atoms with Gasteiger partial charge in [0.2, 0.25) is 5.91 Å². The van der Waals surface area contributed by atoms with E-state index in [1.807, 2.05) is 0 Å². The third-order valence-corrected chi connectivity index (χ3v) is 3.16.